The van der Waals surface area contributed by atoms with Gasteiger partial charge in [0.2, 0.25) is 0 Å². The van der Waals surface area contributed by atoms with E-state index in [1.807, 2.05) is 24.3 Å². The highest BCUT2D eigenvalue weighted by Crippen LogP contribution is 2.33. The first-order chi connectivity index (χ1) is 18.4. The van der Waals surface area contributed by atoms with Crippen LogP contribution in [0.3, 0.4) is 0 Å². The number of piperidine rings is 1. The lowest BCUT2D eigenvalue weighted by Gasteiger charge is -2.37. The molecule has 0 unspecified atom stereocenters. The highest BCUT2D eigenvalue weighted by atomic mass is 79.9. The second-order valence-electron chi connectivity index (χ2n) is 9.97. The summed E-state index contributed by atoms with van der Waals surface area (Å²) in [6.45, 7) is 2.99. The highest BCUT2D eigenvalue weighted by Gasteiger charge is 2.29. The third kappa shape index (κ3) is 7.76. The van der Waals surface area contributed by atoms with E-state index in [1.165, 1.54) is 22.8 Å². The van der Waals surface area contributed by atoms with E-state index in [-0.39, 0.29) is 12.4 Å². The summed E-state index contributed by atoms with van der Waals surface area (Å²) in [5.41, 5.74) is 1.44. The van der Waals surface area contributed by atoms with Crippen LogP contribution in [-0.2, 0) is 0 Å². The van der Waals surface area contributed by atoms with Gasteiger partial charge >= 0.3 is 0 Å². The Kier molecular flexibility index (Phi) is 10.3. The molecule has 5 aromatic carbocycles. The average Bonchev–Trinajstić information content (AvgIpc) is 2.93. The van der Waals surface area contributed by atoms with Crippen LogP contribution in [0.25, 0.3) is 21.5 Å². The molecule has 39 heavy (non-hydrogen) atoms. The number of fused-ring (bicyclic) bond motifs is 2. The molecule has 0 spiro atoms. The minimum absolute atomic E-state index is 0. The second-order valence-corrected chi connectivity index (χ2v) is 11.8. The standard InChI is InChI=1S/C23H24BrNO.C10H7BrO.ClH/c1-25-12-11-23(17-5-3-2-4-6-17)20(15-25)16-26-22-10-8-18-13-21(24)9-7-19(18)14-22;11-9-3-1-8-6-10(12)4-2-7(8)5-9;/h2-10,13-14,20,23H,11-12,15-16H2,1H3;1-6,12H;1H/t20-,23-;;/m0../s1. The Hall–Kier alpha value is -2.57. The number of hydrogen-bond donors (Lipinski definition) is 1. The van der Waals surface area contributed by atoms with Gasteiger partial charge in [0.05, 0.1) is 6.61 Å². The first-order valence-electron chi connectivity index (χ1n) is 12.9. The summed E-state index contributed by atoms with van der Waals surface area (Å²) < 4.78 is 8.41. The molecule has 1 heterocycles. The van der Waals surface area contributed by atoms with Gasteiger partial charge in [0, 0.05) is 21.4 Å². The fourth-order valence-corrected chi connectivity index (χ4v) is 5.97. The highest BCUT2D eigenvalue weighted by molar-refractivity contribution is 9.10. The van der Waals surface area contributed by atoms with Gasteiger partial charge in [0.1, 0.15) is 11.5 Å². The third-order valence-electron chi connectivity index (χ3n) is 7.19. The predicted molar refractivity (Wildman–Crippen MR) is 172 cm³/mol. The normalized spacial score (nSPS) is 17.2. The van der Waals surface area contributed by atoms with Crippen LogP contribution in [0, 0.1) is 5.92 Å². The van der Waals surface area contributed by atoms with Gasteiger partial charge in [-0.3, -0.25) is 0 Å². The van der Waals surface area contributed by atoms with E-state index >= 15 is 0 Å². The van der Waals surface area contributed by atoms with Crippen LogP contribution < -0.4 is 4.74 Å². The Bertz CT molecular complexity index is 1490. The number of likely N-dealkylation sites (tertiary alicyclic amines) is 1. The molecule has 1 N–H and O–H groups in total. The van der Waals surface area contributed by atoms with E-state index in [0.29, 0.717) is 17.6 Å². The Morgan fingerprint density at radius 3 is 2.05 bits per heavy atom. The molecule has 2 atom stereocenters. The number of ether oxygens (including phenoxy) is 1. The van der Waals surface area contributed by atoms with E-state index in [1.54, 1.807) is 12.1 Å². The lowest BCUT2D eigenvalue weighted by Crippen LogP contribution is -2.39. The summed E-state index contributed by atoms with van der Waals surface area (Å²) in [5, 5.41) is 13.8. The van der Waals surface area contributed by atoms with Crippen molar-refractivity contribution in [2.24, 2.45) is 5.92 Å². The van der Waals surface area contributed by atoms with E-state index in [2.05, 4.69) is 111 Å². The van der Waals surface area contributed by atoms with Gasteiger partial charge in [-0.25, -0.2) is 0 Å². The quantitative estimate of drug-likeness (QED) is 0.207. The van der Waals surface area contributed by atoms with Crippen LogP contribution >= 0.6 is 44.3 Å². The van der Waals surface area contributed by atoms with Crippen molar-refractivity contribution in [3.63, 3.8) is 0 Å². The fraction of sp³-hybridized carbons (Fsp3) is 0.212. The van der Waals surface area contributed by atoms with E-state index < -0.39 is 0 Å². The molecule has 1 aliphatic rings. The molecule has 0 saturated carbocycles. The molecular weight excluding hydrogens is 638 g/mol. The summed E-state index contributed by atoms with van der Waals surface area (Å²) in [6.07, 6.45) is 1.19. The van der Waals surface area contributed by atoms with Gasteiger partial charge < -0.3 is 14.7 Å². The van der Waals surface area contributed by atoms with Gasteiger partial charge in [-0.05, 0) is 102 Å². The summed E-state index contributed by atoms with van der Waals surface area (Å²) in [5.74, 6) is 2.35. The van der Waals surface area contributed by atoms with Crippen molar-refractivity contribution in [3.8, 4) is 11.5 Å². The predicted octanol–water partition coefficient (Wildman–Crippen LogP) is 9.45. The third-order valence-corrected chi connectivity index (χ3v) is 8.17. The smallest absolute Gasteiger partial charge is 0.119 e. The van der Waals surface area contributed by atoms with Crippen LogP contribution in [0.15, 0.2) is 112 Å². The molecule has 6 heteroatoms. The first kappa shape index (κ1) is 29.4. The van der Waals surface area contributed by atoms with Gasteiger partial charge in [0.25, 0.3) is 0 Å². The maximum Gasteiger partial charge on any atom is 0.119 e. The van der Waals surface area contributed by atoms with Gasteiger partial charge in [0.15, 0.2) is 0 Å². The molecular formula is C33H32Br2ClNO2. The Morgan fingerprint density at radius 1 is 0.769 bits per heavy atom. The van der Waals surface area contributed by atoms with E-state index in [4.69, 9.17) is 4.74 Å². The molecule has 1 saturated heterocycles. The fourth-order valence-electron chi connectivity index (χ4n) is 5.21. The maximum atomic E-state index is 9.19. The van der Waals surface area contributed by atoms with Gasteiger partial charge in [-0.1, -0.05) is 86.5 Å². The lowest BCUT2D eigenvalue weighted by atomic mass is 9.81. The topological polar surface area (TPSA) is 32.7 Å². The number of hydrogen-bond acceptors (Lipinski definition) is 3. The summed E-state index contributed by atoms with van der Waals surface area (Å²) in [7, 11) is 2.21. The van der Waals surface area contributed by atoms with Crippen molar-refractivity contribution in [2.45, 2.75) is 12.3 Å². The molecule has 1 aliphatic heterocycles. The van der Waals surface area contributed by atoms with Gasteiger partial charge in [-0.2, -0.15) is 0 Å². The van der Waals surface area contributed by atoms with Crippen molar-refractivity contribution in [2.75, 3.05) is 26.7 Å². The first-order valence-corrected chi connectivity index (χ1v) is 14.5. The number of halogens is 3. The molecule has 5 aromatic rings. The lowest BCUT2D eigenvalue weighted by molar-refractivity contribution is 0.129. The summed E-state index contributed by atoms with van der Waals surface area (Å²) in [4.78, 5) is 2.42. The molecule has 0 amide bonds. The Balaban J connectivity index is 0.000000228. The Labute approximate surface area is 253 Å². The molecule has 1 fully saturated rings. The SMILES string of the molecule is CN1CC[C@@H](c2ccccc2)[C@H](COc2ccc3cc(Br)ccc3c2)C1.Cl.Oc1ccc2cc(Br)ccc2c1. The second kappa shape index (κ2) is 13.7. The van der Waals surface area contributed by atoms with Crippen molar-refractivity contribution in [3.05, 3.63) is 118 Å². The largest absolute Gasteiger partial charge is 0.508 e. The molecule has 0 aromatic heterocycles. The zero-order chi connectivity index (χ0) is 26.5. The maximum absolute atomic E-state index is 9.19. The van der Waals surface area contributed by atoms with Crippen molar-refractivity contribution >= 4 is 65.8 Å². The minimum atomic E-state index is 0. The summed E-state index contributed by atoms with van der Waals surface area (Å²) >= 11 is 6.92. The molecule has 0 aliphatic carbocycles. The number of benzene rings is 5. The van der Waals surface area contributed by atoms with Gasteiger partial charge in [-0.15, -0.1) is 12.4 Å². The van der Waals surface area contributed by atoms with Crippen LogP contribution in [0.2, 0.25) is 0 Å². The van der Waals surface area contributed by atoms with Crippen LogP contribution in [-0.4, -0.2) is 36.8 Å². The number of nitrogens with zero attached hydrogens (tertiary/aromatic N) is 1. The van der Waals surface area contributed by atoms with E-state index in [0.717, 1.165) is 45.2 Å². The van der Waals surface area contributed by atoms with Crippen molar-refractivity contribution < 1.29 is 9.84 Å². The van der Waals surface area contributed by atoms with Crippen LogP contribution in [0.4, 0.5) is 0 Å². The number of rotatable bonds is 4. The zero-order valence-corrected chi connectivity index (χ0v) is 25.8. The Morgan fingerprint density at radius 2 is 1.36 bits per heavy atom. The summed E-state index contributed by atoms with van der Waals surface area (Å²) in [6, 6.07) is 34.9. The number of phenols is 1. The average molecular weight is 670 g/mol. The molecule has 3 nitrogen and oxygen atoms in total. The van der Waals surface area contributed by atoms with Crippen LogP contribution in [0.5, 0.6) is 11.5 Å². The molecule has 0 bridgehead atoms. The zero-order valence-electron chi connectivity index (χ0n) is 21.8. The minimum Gasteiger partial charge on any atom is -0.508 e. The van der Waals surface area contributed by atoms with Crippen molar-refractivity contribution in [1.29, 1.82) is 0 Å². The monoisotopic (exact) mass is 667 g/mol. The molecule has 6 rings (SSSR count). The molecule has 0 radical (unpaired) electrons. The number of aromatic hydroxyl groups is 1. The number of phenolic OH excluding ortho intramolecular Hbond substituents is 1. The van der Waals surface area contributed by atoms with Crippen molar-refractivity contribution in [1.82, 2.24) is 4.90 Å². The molecule has 202 valence electrons. The van der Waals surface area contributed by atoms with E-state index in [9.17, 15) is 5.11 Å². The van der Waals surface area contributed by atoms with Crippen LogP contribution in [0.1, 0.15) is 17.9 Å².